The molecular weight excluding hydrogens is 356 g/mol. The molecule has 0 saturated carbocycles. The molecule has 142 valence electrons. The molecule has 2 aliphatic rings. The van der Waals surface area contributed by atoms with Crippen molar-refractivity contribution >= 4 is 11.9 Å². The summed E-state index contributed by atoms with van der Waals surface area (Å²) < 4.78 is 26.7. The van der Waals surface area contributed by atoms with Gasteiger partial charge in [-0.1, -0.05) is 0 Å². The Morgan fingerprint density at radius 1 is 1.07 bits per heavy atom. The lowest BCUT2D eigenvalue weighted by atomic mass is 10.0. The van der Waals surface area contributed by atoms with Gasteiger partial charge in [0.1, 0.15) is 11.6 Å². The number of hydrogen-bond acceptors (Lipinski definition) is 6. The molecule has 0 aliphatic carbocycles. The second-order valence-corrected chi connectivity index (χ2v) is 7.11. The van der Waals surface area contributed by atoms with Gasteiger partial charge in [-0.25, -0.2) is 24.2 Å². The molecule has 0 bridgehead atoms. The van der Waals surface area contributed by atoms with Crippen LogP contribution >= 0.6 is 0 Å². The lowest BCUT2D eigenvalue weighted by Crippen LogP contribution is -2.29. The number of nitrogens with zero attached hydrogens (tertiary/aromatic N) is 4. The topological polar surface area (TPSA) is 81.6 Å². The maximum atomic E-state index is 13.4. The van der Waals surface area contributed by atoms with Crippen LogP contribution in [0.4, 0.5) is 14.7 Å². The van der Waals surface area contributed by atoms with Gasteiger partial charge in [-0.3, -0.25) is 14.9 Å². The summed E-state index contributed by atoms with van der Waals surface area (Å²) in [4.78, 5) is 24.0. The van der Waals surface area contributed by atoms with Gasteiger partial charge in [-0.15, -0.1) is 0 Å². The van der Waals surface area contributed by atoms with Crippen molar-refractivity contribution in [3.05, 3.63) is 53.4 Å². The van der Waals surface area contributed by atoms with Crippen LogP contribution < -0.4 is 10.4 Å². The average molecular weight is 375 g/mol. The fraction of sp³-hybridized carbons (Fsp3) is 0.389. The van der Waals surface area contributed by atoms with Gasteiger partial charge < -0.3 is 4.90 Å². The number of anilines is 1. The smallest absolute Gasteiger partial charge is 0.277 e. The molecule has 27 heavy (non-hydrogen) atoms. The Morgan fingerprint density at radius 3 is 2.22 bits per heavy atom. The van der Waals surface area contributed by atoms with E-state index < -0.39 is 17.5 Å². The Balaban J connectivity index is 1.36. The first-order valence-electron chi connectivity index (χ1n) is 8.70. The summed E-state index contributed by atoms with van der Waals surface area (Å²) in [7, 11) is 0. The molecule has 1 amide bonds. The number of carbonyl (C=O) groups excluding carboxylic acids is 1. The Kier molecular flexibility index (Phi) is 4.71. The molecule has 2 N–H and O–H groups in total. The zero-order valence-corrected chi connectivity index (χ0v) is 14.5. The minimum absolute atomic E-state index is 0.189. The lowest BCUT2D eigenvalue weighted by Gasteiger charge is -2.21. The zero-order valence-electron chi connectivity index (χ0n) is 14.5. The number of halogens is 2. The highest BCUT2D eigenvalue weighted by Crippen LogP contribution is 2.33. The van der Waals surface area contributed by atoms with Crippen molar-refractivity contribution in [3.63, 3.8) is 0 Å². The minimum Gasteiger partial charge on any atom is -0.340 e. The maximum Gasteiger partial charge on any atom is 0.277 e. The van der Waals surface area contributed by atoms with E-state index in [-0.39, 0.29) is 5.56 Å². The van der Waals surface area contributed by atoms with Crippen molar-refractivity contribution < 1.29 is 18.8 Å². The summed E-state index contributed by atoms with van der Waals surface area (Å²) in [5.74, 6) is -0.321. The van der Waals surface area contributed by atoms with Crippen molar-refractivity contribution in [1.29, 1.82) is 0 Å². The number of hydroxylamine groups is 1. The number of aromatic nitrogens is 2. The molecule has 2 atom stereocenters. The van der Waals surface area contributed by atoms with Crippen molar-refractivity contribution in [2.45, 2.75) is 6.54 Å². The molecule has 1 aromatic heterocycles. The molecule has 2 saturated heterocycles. The van der Waals surface area contributed by atoms with Gasteiger partial charge in [0, 0.05) is 51.2 Å². The summed E-state index contributed by atoms with van der Waals surface area (Å²) in [5, 5.41) is 8.63. The Hall–Kier alpha value is -2.65. The van der Waals surface area contributed by atoms with Gasteiger partial charge in [-0.2, -0.15) is 0 Å². The highest BCUT2D eigenvalue weighted by atomic mass is 19.1. The fourth-order valence-corrected chi connectivity index (χ4v) is 4.01. The SMILES string of the molecule is O=C(NO)c1cnc(N2CC3CN(Cc4cc(F)cc(F)c4)CC3C2)nc1. The quantitative estimate of drug-likeness (QED) is 0.622. The highest BCUT2D eigenvalue weighted by Gasteiger charge is 2.40. The third-order valence-corrected chi connectivity index (χ3v) is 5.18. The van der Waals surface area contributed by atoms with E-state index in [4.69, 9.17) is 5.21 Å². The first-order chi connectivity index (χ1) is 13.0. The van der Waals surface area contributed by atoms with Crippen molar-refractivity contribution in [2.75, 3.05) is 31.1 Å². The minimum atomic E-state index is -0.649. The molecule has 2 unspecified atom stereocenters. The van der Waals surface area contributed by atoms with E-state index in [1.807, 2.05) is 0 Å². The molecule has 2 aromatic rings. The molecule has 0 radical (unpaired) electrons. The van der Waals surface area contributed by atoms with Gasteiger partial charge in [0.15, 0.2) is 0 Å². The number of hydrogen-bond donors (Lipinski definition) is 2. The Morgan fingerprint density at radius 2 is 1.67 bits per heavy atom. The van der Waals surface area contributed by atoms with Crippen LogP contribution in [0, 0.1) is 23.5 Å². The second kappa shape index (κ2) is 7.16. The molecule has 1 aromatic carbocycles. The summed E-state index contributed by atoms with van der Waals surface area (Å²) >= 11 is 0. The van der Waals surface area contributed by atoms with Crippen LogP contribution in [-0.4, -0.2) is 52.2 Å². The molecule has 3 heterocycles. The van der Waals surface area contributed by atoms with Gasteiger partial charge in [-0.05, 0) is 29.5 Å². The number of carbonyl (C=O) groups is 1. The van der Waals surface area contributed by atoms with Gasteiger partial charge in [0.05, 0.1) is 5.56 Å². The standard InChI is InChI=1S/C18H19F2N5O2/c19-15-1-11(2-16(20)3-15)6-24-7-13-9-25(10-14(13)8-24)18-21-4-12(5-22-18)17(26)23-27/h1-5,13-14,27H,6-10H2,(H,23,26). The predicted molar refractivity (Wildman–Crippen MR) is 92.1 cm³/mol. The summed E-state index contributed by atoms with van der Waals surface area (Å²) in [6.07, 6.45) is 2.76. The number of nitrogens with one attached hydrogen (secondary N) is 1. The van der Waals surface area contributed by atoms with Crippen LogP contribution in [0.3, 0.4) is 0 Å². The molecule has 0 spiro atoms. The molecule has 2 aliphatic heterocycles. The third kappa shape index (κ3) is 3.74. The van der Waals surface area contributed by atoms with Crippen molar-refractivity contribution in [2.24, 2.45) is 11.8 Å². The average Bonchev–Trinajstić information content (AvgIpc) is 3.18. The predicted octanol–water partition coefficient (Wildman–Crippen LogP) is 1.44. The molecule has 9 heteroatoms. The van der Waals surface area contributed by atoms with Crippen LogP contribution in [-0.2, 0) is 6.54 Å². The van der Waals surface area contributed by atoms with Crippen molar-refractivity contribution in [3.8, 4) is 0 Å². The number of fused-ring (bicyclic) bond motifs is 1. The Labute approximate surface area is 154 Å². The van der Waals surface area contributed by atoms with E-state index in [0.717, 1.165) is 32.2 Å². The van der Waals surface area contributed by atoms with E-state index in [0.29, 0.717) is 29.9 Å². The number of likely N-dealkylation sites (tertiary alicyclic amines) is 1. The van der Waals surface area contributed by atoms with E-state index in [9.17, 15) is 13.6 Å². The Bertz CT molecular complexity index is 814. The first kappa shape index (κ1) is 17.7. The van der Waals surface area contributed by atoms with Crippen LogP contribution in [0.25, 0.3) is 0 Å². The number of benzene rings is 1. The van der Waals surface area contributed by atoms with E-state index in [1.54, 1.807) is 5.48 Å². The van der Waals surface area contributed by atoms with E-state index in [2.05, 4.69) is 19.8 Å². The lowest BCUT2D eigenvalue weighted by molar-refractivity contribution is 0.0705. The zero-order chi connectivity index (χ0) is 19.0. The van der Waals surface area contributed by atoms with Crippen LogP contribution in [0.15, 0.2) is 30.6 Å². The number of rotatable bonds is 4. The monoisotopic (exact) mass is 375 g/mol. The normalized spacial score (nSPS) is 22.1. The summed E-state index contributed by atoms with van der Waals surface area (Å²) in [6, 6.07) is 3.64. The summed E-state index contributed by atoms with van der Waals surface area (Å²) in [5.41, 5.74) is 2.38. The number of amides is 1. The van der Waals surface area contributed by atoms with Crippen LogP contribution in [0.1, 0.15) is 15.9 Å². The van der Waals surface area contributed by atoms with E-state index in [1.165, 1.54) is 24.5 Å². The maximum absolute atomic E-state index is 13.4. The molecule has 4 rings (SSSR count). The van der Waals surface area contributed by atoms with Crippen molar-refractivity contribution in [1.82, 2.24) is 20.3 Å². The van der Waals surface area contributed by atoms with Crippen LogP contribution in [0.2, 0.25) is 0 Å². The molecular formula is C18H19F2N5O2. The first-order valence-corrected chi connectivity index (χ1v) is 8.70. The van der Waals surface area contributed by atoms with Gasteiger partial charge in [0.2, 0.25) is 5.95 Å². The second-order valence-electron chi connectivity index (χ2n) is 7.11. The fourth-order valence-electron chi connectivity index (χ4n) is 4.01. The summed E-state index contributed by atoms with van der Waals surface area (Å²) in [6.45, 7) is 3.83. The molecule has 7 nitrogen and oxygen atoms in total. The molecule has 2 fully saturated rings. The highest BCUT2D eigenvalue weighted by molar-refractivity contribution is 5.92. The van der Waals surface area contributed by atoms with E-state index >= 15 is 0 Å². The van der Waals surface area contributed by atoms with Crippen LogP contribution in [0.5, 0.6) is 0 Å². The van der Waals surface area contributed by atoms with Gasteiger partial charge in [0.25, 0.3) is 5.91 Å². The third-order valence-electron chi connectivity index (χ3n) is 5.18. The largest absolute Gasteiger partial charge is 0.340 e. The van der Waals surface area contributed by atoms with Gasteiger partial charge >= 0.3 is 0 Å².